The summed E-state index contributed by atoms with van der Waals surface area (Å²) in [6.45, 7) is 11.0. The van der Waals surface area contributed by atoms with Crippen molar-refractivity contribution >= 4 is 17.5 Å². The summed E-state index contributed by atoms with van der Waals surface area (Å²) in [6.07, 6.45) is 8.41. The van der Waals surface area contributed by atoms with E-state index in [4.69, 9.17) is 9.47 Å². The van der Waals surface area contributed by atoms with Gasteiger partial charge in [-0.2, -0.15) is 0 Å². The minimum atomic E-state index is -1.57. The summed E-state index contributed by atoms with van der Waals surface area (Å²) < 4.78 is 11.8. The fraction of sp³-hybridized carbons (Fsp3) is 0.741. The van der Waals surface area contributed by atoms with Crippen molar-refractivity contribution in [2.75, 3.05) is 6.61 Å². The first-order valence-electron chi connectivity index (χ1n) is 12.3. The maximum atomic E-state index is 13.4. The second-order valence-electron chi connectivity index (χ2n) is 12.5. The molecule has 0 aromatic rings. The maximum absolute atomic E-state index is 13.4. The topological polar surface area (TPSA) is 93.2 Å². The first-order valence-corrected chi connectivity index (χ1v) is 12.3. The van der Waals surface area contributed by atoms with Crippen LogP contribution in [0.25, 0.3) is 0 Å². The van der Waals surface area contributed by atoms with E-state index >= 15 is 0 Å². The van der Waals surface area contributed by atoms with Crippen LogP contribution in [0.1, 0.15) is 67.2 Å². The summed E-state index contributed by atoms with van der Waals surface area (Å²) in [6, 6.07) is 0. The first kappa shape index (κ1) is 23.0. The molecule has 6 heteroatoms. The Morgan fingerprint density at radius 3 is 2.61 bits per heavy atom. The molecule has 0 aromatic heterocycles. The molecule has 5 aliphatic rings. The molecule has 0 unspecified atom stereocenters. The quantitative estimate of drug-likeness (QED) is 0.516. The molecule has 0 radical (unpaired) electrons. The number of fused-ring (bicyclic) bond motifs is 3. The van der Waals surface area contributed by atoms with Crippen LogP contribution >= 0.6 is 0 Å². The van der Waals surface area contributed by atoms with Gasteiger partial charge in [0.25, 0.3) is 0 Å². The van der Waals surface area contributed by atoms with E-state index in [-0.39, 0.29) is 40.7 Å². The third-order valence-electron chi connectivity index (χ3n) is 9.89. The molecule has 1 aliphatic heterocycles. The van der Waals surface area contributed by atoms with Gasteiger partial charge in [-0.1, -0.05) is 25.5 Å². The van der Waals surface area contributed by atoms with Crippen LogP contribution in [0.2, 0.25) is 0 Å². The van der Waals surface area contributed by atoms with Crippen molar-refractivity contribution in [3.8, 4) is 0 Å². The van der Waals surface area contributed by atoms with Crippen LogP contribution in [0, 0.1) is 34.0 Å². The molecule has 3 saturated carbocycles. The van der Waals surface area contributed by atoms with Gasteiger partial charge in [0.2, 0.25) is 5.78 Å². The van der Waals surface area contributed by atoms with Crippen molar-refractivity contribution in [2.45, 2.75) is 84.5 Å². The summed E-state index contributed by atoms with van der Waals surface area (Å²) in [5, 5.41) is 12.0. The maximum Gasteiger partial charge on any atom is 0.311 e. The van der Waals surface area contributed by atoms with Crippen LogP contribution in [0.5, 0.6) is 0 Å². The number of allylic oxidation sites excluding steroid dienone is 2. The fourth-order valence-electron chi connectivity index (χ4n) is 8.04. The second-order valence-corrected chi connectivity index (χ2v) is 12.5. The van der Waals surface area contributed by atoms with Gasteiger partial charge in [0.1, 0.15) is 11.2 Å². The molecule has 8 atom stereocenters. The molecule has 0 aromatic carbocycles. The summed E-state index contributed by atoms with van der Waals surface area (Å²) >= 11 is 0. The Morgan fingerprint density at radius 1 is 1.24 bits per heavy atom. The standard InChI is InChI=1S/C27H36O6/c1-15-11-19-18-8-7-16-12-17(28)9-10-24(16,5)27(18)21(33-27)13-25(19,6)26(15,31)20(29)14-32-22(30)23(2,3)4/h9-10,12,15,18-19,21,31H,7-8,11,13-14H2,1-6H3/t15-,18+,19+,21+,24+,25+,26+,27-/m1/s1. The largest absolute Gasteiger partial charge is 0.457 e. The van der Waals surface area contributed by atoms with E-state index in [1.807, 2.05) is 19.9 Å². The normalized spacial score (nSPS) is 47.6. The van der Waals surface area contributed by atoms with Crippen LogP contribution in [0.3, 0.4) is 0 Å². The first-order chi connectivity index (χ1) is 15.2. The van der Waals surface area contributed by atoms with Crippen molar-refractivity contribution in [3.05, 3.63) is 23.8 Å². The zero-order valence-corrected chi connectivity index (χ0v) is 20.6. The Morgan fingerprint density at radius 2 is 1.94 bits per heavy atom. The van der Waals surface area contributed by atoms with Crippen molar-refractivity contribution in [3.63, 3.8) is 0 Å². The Labute approximate surface area is 195 Å². The predicted molar refractivity (Wildman–Crippen MR) is 121 cm³/mol. The predicted octanol–water partition coefficient (Wildman–Crippen LogP) is 3.56. The zero-order chi connectivity index (χ0) is 24.2. The molecule has 33 heavy (non-hydrogen) atoms. The Kier molecular flexibility index (Phi) is 4.64. The summed E-state index contributed by atoms with van der Waals surface area (Å²) in [4.78, 5) is 37.7. The molecular weight excluding hydrogens is 420 g/mol. The van der Waals surface area contributed by atoms with Crippen molar-refractivity contribution in [2.24, 2.45) is 34.0 Å². The molecule has 5 rings (SSSR count). The highest BCUT2D eigenvalue weighted by Crippen LogP contribution is 2.76. The Hall–Kier alpha value is -1.79. The highest BCUT2D eigenvalue weighted by atomic mass is 16.6. The number of carbonyl (C=O) groups is 3. The fourth-order valence-corrected chi connectivity index (χ4v) is 8.04. The number of esters is 1. The number of epoxide rings is 1. The highest BCUT2D eigenvalue weighted by Gasteiger charge is 2.82. The van der Waals surface area contributed by atoms with Crippen LogP contribution in [-0.2, 0) is 23.9 Å². The number of aliphatic hydroxyl groups is 1. The minimum Gasteiger partial charge on any atom is -0.457 e. The lowest BCUT2D eigenvalue weighted by Gasteiger charge is -2.55. The van der Waals surface area contributed by atoms with Crippen molar-refractivity contribution in [1.29, 1.82) is 0 Å². The average Bonchev–Trinajstić information content (AvgIpc) is 3.41. The highest BCUT2D eigenvalue weighted by molar-refractivity contribution is 6.01. The van der Waals surface area contributed by atoms with E-state index in [9.17, 15) is 19.5 Å². The smallest absolute Gasteiger partial charge is 0.311 e. The Balaban J connectivity index is 1.45. The lowest BCUT2D eigenvalue weighted by Crippen LogP contribution is -2.62. The summed E-state index contributed by atoms with van der Waals surface area (Å²) in [5.74, 6) is -0.745. The van der Waals surface area contributed by atoms with Gasteiger partial charge < -0.3 is 14.6 Å². The molecule has 180 valence electrons. The molecule has 1 N–H and O–H groups in total. The molecule has 1 spiro atoms. The van der Waals surface area contributed by atoms with E-state index in [0.29, 0.717) is 6.42 Å². The zero-order valence-electron chi connectivity index (χ0n) is 20.6. The second kappa shape index (κ2) is 6.66. The van der Waals surface area contributed by atoms with Gasteiger partial charge in [-0.25, -0.2) is 0 Å². The molecule has 6 nitrogen and oxygen atoms in total. The molecule has 4 aliphatic carbocycles. The van der Waals surface area contributed by atoms with Crippen molar-refractivity contribution < 1.29 is 29.0 Å². The molecular formula is C27H36O6. The van der Waals surface area contributed by atoms with Gasteiger partial charge in [-0.05, 0) is 83.3 Å². The van der Waals surface area contributed by atoms with Crippen molar-refractivity contribution in [1.82, 2.24) is 0 Å². The summed E-state index contributed by atoms with van der Waals surface area (Å²) in [7, 11) is 0. The molecule has 4 fully saturated rings. The SMILES string of the molecule is C[C@@H]1C[C@H]2[C@@H]3CCC4=CC(=O)C=C[C@]4(C)[C@@]34O[C@H]4C[C@]2(C)[C@@]1(O)C(=O)COC(=O)C(C)(C)C. The van der Waals surface area contributed by atoms with Gasteiger partial charge >= 0.3 is 5.97 Å². The molecule has 0 bridgehead atoms. The summed E-state index contributed by atoms with van der Waals surface area (Å²) in [5.41, 5.74) is -2.48. The van der Waals surface area contributed by atoms with E-state index < -0.39 is 34.8 Å². The molecule has 1 heterocycles. The monoisotopic (exact) mass is 456 g/mol. The number of ketones is 2. The number of carbonyl (C=O) groups excluding carboxylic acids is 3. The third-order valence-corrected chi connectivity index (χ3v) is 9.89. The number of rotatable bonds is 3. The van der Waals surface area contributed by atoms with E-state index in [0.717, 1.165) is 24.8 Å². The van der Waals surface area contributed by atoms with Gasteiger partial charge in [0, 0.05) is 10.8 Å². The molecule has 0 amide bonds. The number of hydrogen-bond acceptors (Lipinski definition) is 6. The van der Waals surface area contributed by atoms with Gasteiger partial charge in [0.05, 0.1) is 11.5 Å². The number of ether oxygens (including phenoxy) is 2. The van der Waals surface area contributed by atoms with Crippen LogP contribution < -0.4 is 0 Å². The molecule has 1 saturated heterocycles. The number of Topliss-reactive ketones (excluding diaryl/α,β-unsaturated/α-hetero) is 1. The van der Waals surface area contributed by atoms with Gasteiger partial charge in [0.15, 0.2) is 12.4 Å². The Bertz CT molecular complexity index is 1000. The average molecular weight is 457 g/mol. The van der Waals surface area contributed by atoms with Crippen LogP contribution in [0.4, 0.5) is 0 Å². The van der Waals surface area contributed by atoms with Crippen LogP contribution in [0.15, 0.2) is 23.8 Å². The lowest BCUT2D eigenvalue weighted by molar-refractivity contribution is -0.173. The van der Waals surface area contributed by atoms with Crippen LogP contribution in [-0.4, -0.2) is 46.6 Å². The van der Waals surface area contributed by atoms with E-state index in [1.165, 1.54) is 0 Å². The van der Waals surface area contributed by atoms with E-state index in [2.05, 4.69) is 6.92 Å². The third kappa shape index (κ3) is 2.71. The van der Waals surface area contributed by atoms with E-state index in [1.54, 1.807) is 32.9 Å². The van der Waals surface area contributed by atoms with Gasteiger partial charge in [-0.3, -0.25) is 14.4 Å². The number of hydrogen-bond donors (Lipinski definition) is 1. The minimum absolute atomic E-state index is 0.0365. The van der Waals surface area contributed by atoms with Gasteiger partial charge in [-0.15, -0.1) is 0 Å². The lowest BCUT2D eigenvalue weighted by atomic mass is 9.46.